The highest BCUT2D eigenvalue weighted by Crippen LogP contribution is 2.20. The molecule has 8 nitrogen and oxygen atoms in total. The van der Waals surface area contributed by atoms with Crippen LogP contribution < -0.4 is 9.47 Å². The SMILES string of the molecule is O=C(OCc1nc(-c2cccnc2)no1)c1ccccc1OCCOc1ccccc1. The summed E-state index contributed by atoms with van der Waals surface area (Å²) in [6.45, 7) is 0.460. The summed E-state index contributed by atoms with van der Waals surface area (Å²) >= 11 is 0. The van der Waals surface area contributed by atoms with Gasteiger partial charge in [-0.05, 0) is 36.4 Å². The number of hydrogen-bond donors (Lipinski definition) is 0. The molecule has 0 N–H and O–H groups in total. The molecule has 156 valence electrons. The summed E-state index contributed by atoms with van der Waals surface area (Å²) < 4.78 is 21.8. The Morgan fingerprint density at radius 2 is 1.71 bits per heavy atom. The van der Waals surface area contributed by atoms with Crippen LogP contribution in [0.15, 0.2) is 83.6 Å². The van der Waals surface area contributed by atoms with E-state index in [9.17, 15) is 4.79 Å². The molecule has 4 rings (SSSR count). The molecule has 0 aliphatic rings. The van der Waals surface area contributed by atoms with E-state index in [0.717, 1.165) is 5.75 Å². The summed E-state index contributed by atoms with van der Waals surface area (Å²) in [5, 5.41) is 3.87. The number of carbonyl (C=O) groups excluding carboxylic acids is 1. The molecule has 0 aliphatic carbocycles. The van der Waals surface area contributed by atoms with Gasteiger partial charge in [0.05, 0.1) is 0 Å². The normalized spacial score (nSPS) is 10.5. The highest BCUT2D eigenvalue weighted by molar-refractivity contribution is 5.92. The van der Waals surface area contributed by atoms with Crippen LogP contribution in [0, 0.1) is 0 Å². The topological polar surface area (TPSA) is 96.6 Å². The van der Waals surface area contributed by atoms with Crippen LogP contribution in [0.5, 0.6) is 11.5 Å². The molecule has 0 fully saturated rings. The van der Waals surface area contributed by atoms with E-state index in [2.05, 4.69) is 15.1 Å². The molecular formula is C23H19N3O5. The minimum atomic E-state index is -0.555. The molecule has 31 heavy (non-hydrogen) atoms. The predicted molar refractivity (Wildman–Crippen MR) is 111 cm³/mol. The van der Waals surface area contributed by atoms with Crippen molar-refractivity contribution in [3.63, 3.8) is 0 Å². The van der Waals surface area contributed by atoms with Crippen LogP contribution in [0.3, 0.4) is 0 Å². The van der Waals surface area contributed by atoms with Crippen LogP contribution in [0.25, 0.3) is 11.4 Å². The molecule has 2 heterocycles. The van der Waals surface area contributed by atoms with Crippen molar-refractivity contribution in [2.45, 2.75) is 6.61 Å². The summed E-state index contributed by atoms with van der Waals surface area (Å²) in [5.41, 5.74) is 1.01. The van der Waals surface area contributed by atoms with Gasteiger partial charge in [0.1, 0.15) is 30.3 Å². The van der Waals surface area contributed by atoms with Crippen molar-refractivity contribution in [2.75, 3.05) is 13.2 Å². The molecule has 0 atom stereocenters. The maximum Gasteiger partial charge on any atom is 0.342 e. The van der Waals surface area contributed by atoms with Crippen LogP contribution in [-0.2, 0) is 11.3 Å². The molecule has 0 bridgehead atoms. The fraction of sp³-hybridized carbons (Fsp3) is 0.130. The number of ether oxygens (including phenoxy) is 3. The first-order valence-electron chi connectivity index (χ1n) is 9.59. The minimum absolute atomic E-state index is 0.155. The van der Waals surface area contributed by atoms with Crippen molar-refractivity contribution < 1.29 is 23.5 Å². The van der Waals surface area contributed by atoms with Gasteiger partial charge in [-0.1, -0.05) is 35.5 Å². The summed E-state index contributed by atoms with van der Waals surface area (Å²) in [5.74, 6) is 1.17. The van der Waals surface area contributed by atoms with Gasteiger partial charge >= 0.3 is 5.97 Å². The Bertz CT molecular complexity index is 1120. The van der Waals surface area contributed by atoms with Gasteiger partial charge in [0, 0.05) is 18.0 Å². The lowest BCUT2D eigenvalue weighted by Gasteiger charge is -2.11. The van der Waals surface area contributed by atoms with Gasteiger partial charge in [0.2, 0.25) is 5.82 Å². The Balaban J connectivity index is 1.31. The molecule has 0 aliphatic heterocycles. The third-order valence-corrected chi connectivity index (χ3v) is 4.17. The molecule has 2 aromatic carbocycles. The number of pyridine rings is 1. The molecule has 0 saturated carbocycles. The zero-order valence-electron chi connectivity index (χ0n) is 16.5. The second kappa shape index (κ2) is 10.0. The molecule has 4 aromatic rings. The Labute approximate surface area is 178 Å². The monoisotopic (exact) mass is 417 g/mol. The first-order valence-corrected chi connectivity index (χ1v) is 9.59. The lowest BCUT2D eigenvalue weighted by molar-refractivity contribution is 0.0424. The number of rotatable bonds is 9. The molecule has 8 heteroatoms. The van der Waals surface area contributed by atoms with Gasteiger partial charge in [-0.15, -0.1) is 0 Å². The zero-order chi connectivity index (χ0) is 21.3. The quantitative estimate of drug-likeness (QED) is 0.298. The minimum Gasteiger partial charge on any atom is -0.490 e. The Morgan fingerprint density at radius 3 is 2.55 bits per heavy atom. The van der Waals surface area contributed by atoms with Gasteiger partial charge in [0.15, 0.2) is 6.61 Å². The highest BCUT2D eigenvalue weighted by Gasteiger charge is 2.16. The van der Waals surface area contributed by atoms with E-state index in [1.807, 2.05) is 36.4 Å². The fourth-order valence-electron chi connectivity index (χ4n) is 2.72. The van der Waals surface area contributed by atoms with Crippen molar-refractivity contribution in [2.24, 2.45) is 0 Å². The van der Waals surface area contributed by atoms with E-state index in [1.165, 1.54) is 0 Å². The average Bonchev–Trinajstić information content (AvgIpc) is 3.31. The summed E-state index contributed by atoms with van der Waals surface area (Å²) in [6.07, 6.45) is 3.27. The maximum atomic E-state index is 12.5. The standard InChI is InChI=1S/C23H19N3O5/c27-23(30-16-21-25-22(26-31-21)17-7-6-12-24-15-17)19-10-4-5-11-20(19)29-14-13-28-18-8-2-1-3-9-18/h1-12,15H,13-14,16H2. The summed E-state index contributed by atoms with van der Waals surface area (Å²) in [6, 6.07) is 19.9. The third kappa shape index (κ3) is 5.45. The molecule has 0 spiro atoms. The van der Waals surface area contributed by atoms with E-state index < -0.39 is 5.97 Å². The van der Waals surface area contributed by atoms with Gasteiger partial charge in [-0.3, -0.25) is 4.98 Å². The van der Waals surface area contributed by atoms with E-state index in [-0.39, 0.29) is 19.1 Å². The van der Waals surface area contributed by atoms with E-state index in [4.69, 9.17) is 18.7 Å². The largest absolute Gasteiger partial charge is 0.490 e. The van der Waals surface area contributed by atoms with Gasteiger partial charge in [-0.25, -0.2) is 4.79 Å². The second-order valence-electron chi connectivity index (χ2n) is 6.34. The van der Waals surface area contributed by atoms with E-state index in [1.54, 1.807) is 42.7 Å². The number of para-hydroxylation sites is 2. The van der Waals surface area contributed by atoms with Crippen LogP contribution in [0.1, 0.15) is 16.2 Å². The third-order valence-electron chi connectivity index (χ3n) is 4.17. The molecule has 0 unspecified atom stereocenters. The molecule has 0 radical (unpaired) electrons. The van der Waals surface area contributed by atoms with Gasteiger partial charge in [-0.2, -0.15) is 4.98 Å². The number of aromatic nitrogens is 3. The van der Waals surface area contributed by atoms with Gasteiger partial charge < -0.3 is 18.7 Å². The lowest BCUT2D eigenvalue weighted by Crippen LogP contribution is -2.12. The van der Waals surface area contributed by atoms with E-state index in [0.29, 0.717) is 29.3 Å². The Hall–Kier alpha value is -4.20. The maximum absolute atomic E-state index is 12.5. The number of nitrogens with zero attached hydrogens (tertiary/aromatic N) is 3. The lowest BCUT2D eigenvalue weighted by atomic mass is 10.2. The average molecular weight is 417 g/mol. The van der Waals surface area contributed by atoms with Crippen LogP contribution >= 0.6 is 0 Å². The molecule has 0 amide bonds. The first-order chi connectivity index (χ1) is 15.3. The van der Waals surface area contributed by atoms with Crippen molar-refractivity contribution in [3.8, 4) is 22.9 Å². The van der Waals surface area contributed by atoms with Gasteiger partial charge in [0.25, 0.3) is 5.89 Å². The number of esters is 1. The van der Waals surface area contributed by atoms with E-state index >= 15 is 0 Å². The molecule has 0 saturated heterocycles. The molecule has 2 aromatic heterocycles. The van der Waals surface area contributed by atoms with Crippen molar-refractivity contribution >= 4 is 5.97 Å². The summed E-state index contributed by atoms with van der Waals surface area (Å²) in [4.78, 5) is 20.8. The number of carbonyl (C=O) groups is 1. The van der Waals surface area contributed by atoms with Crippen molar-refractivity contribution in [1.29, 1.82) is 0 Å². The molecular weight excluding hydrogens is 398 g/mol. The fourth-order valence-corrected chi connectivity index (χ4v) is 2.72. The highest BCUT2D eigenvalue weighted by atomic mass is 16.6. The first kappa shape index (κ1) is 20.1. The van der Waals surface area contributed by atoms with Crippen molar-refractivity contribution in [1.82, 2.24) is 15.1 Å². The predicted octanol–water partition coefficient (Wildman–Crippen LogP) is 3.95. The van der Waals surface area contributed by atoms with Crippen LogP contribution in [-0.4, -0.2) is 34.3 Å². The van der Waals surface area contributed by atoms with Crippen molar-refractivity contribution in [3.05, 3.63) is 90.6 Å². The Morgan fingerprint density at radius 1 is 0.903 bits per heavy atom. The second-order valence-corrected chi connectivity index (χ2v) is 6.34. The number of benzene rings is 2. The summed E-state index contributed by atoms with van der Waals surface area (Å²) in [7, 11) is 0. The zero-order valence-corrected chi connectivity index (χ0v) is 16.5. The van der Waals surface area contributed by atoms with Crippen LogP contribution in [0.4, 0.5) is 0 Å². The number of hydrogen-bond acceptors (Lipinski definition) is 8. The van der Waals surface area contributed by atoms with Crippen LogP contribution in [0.2, 0.25) is 0 Å². The smallest absolute Gasteiger partial charge is 0.342 e. The Kier molecular flexibility index (Phi) is 6.49.